The Kier molecular flexibility index (Phi) is 4.11. The van der Waals surface area contributed by atoms with Crippen molar-refractivity contribution < 1.29 is 4.79 Å². The van der Waals surface area contributed by atoms with Gasteiger partial charge in [-0.1, -0.05) is 17.7 Å². The smallest absolute Gasteiger partial charge is 0.226 e. The molecular formula is C20H26N2OS. The lowest BCUT2D eigenvalue weighted by molar-refractivity contribution is -0.127. The Bertz CT molecular complexity index is 617. The van der Waals surface area contributed by atoms with E-state index in [-0.39, 0.29) is 11.3 Å². The van der Waals surface area contributed by atoms with E-state index in [4.69, 9.17) is 12.2 Å². The van der Waals surface area contributed by atoms with E-state index in [1.807, 2.05) is 24.3 Å². The molecule has 1 aromatic carbocycles. The number of anilines is 1. The Morgan fingerprint density at radius 2 is 1.62 bits per heavy atom. The van der Waals surface area contributed by atoms with Crippen LogP contribution in [-0.4, -0.2) is 11.0 Å². The molecule has 4 saturated carbocycles. The van der Waals surface area contributed by atoms with Gasteiger partial charge in [-0.25, -0.2) is 0 Å². The van der Waals surface area contributed by atoms with Crippen LogP contribution in [0.1, 0.15) is 50.5 Å². The van der Waals surface area contributed by atoms with Crippen LogP contribution < -0.4 is 10.6 Å². The zero-order valence-electron chi connectivity index (χ0n) is 14.3. The third kappa shape index (κ3) is 3.34. The van der Waals surface area contributed by atoms with Crippen molar-refractivity contribution in [2.24, 2.45) is 23.2 Å². The highest BCUT2D eigenvalue weighted by Crippen LogP contribution is 2.61. The maximum atomic E-state index is 12.5. The molecule has 4 bridgehead atoms. The summed E-state index contributed by atoms with van der Waals surface area (Å²) in [6.45, 7) is 2.05. The number of nitrogens with one attached hydrogen (secondary N) is 2. The second-order valence-corrected chi connectivity index (χ2v) is 8.87. The van der Waals surface area contributed by atoms with Crippen molar-refractivity contribution in [2.45, 2.75) is 51.9 Å². The first-order valence-electron chi connectivity index (χ1n) is 9.17. The second kappa shape index (κ2) is 6.14. The molecule has 128 valence electrons. The van der Waals surface area contributed by atoms with E-state index < -0.39 is 0 Å². The normalized spacial score (nSPS) is 33.3. The van der Waals surface area contributed by atoms with Crippen molar-refractivity contribution in [3.63, 3.8) is 0 Å². The predicted molar refractivity (Wildman–Crippen MR) is 101 cm³/mol. The van der Waals surface area contributed by atoms with Crippen LogP contribution in [0.2, 0.25) is 0 Å². The zero-order valence-corrected chi connectivity index (χ0v) is 15.1. The Morgan fingerprint density at radius 3 is 2.17 bits per heavy atom. The van der Waals surface area contributed by atoms with Gasteiger partial charge in [-0.2, -0.15) is 0 Å². The fourth-order valence-corrected chi connectivity index (χ4v) is 6.05. The van der Waals surface area contributed by atoms with Gasteiger partial charge in [0.2, 0.25) is 5.91 Å². The molecule has 0 heterocycles. The van der Waals surface area contributed by atoms with Gasteiger partial charge in [0.15, 0.2) is 5.11 Å². The molecule has 1 aromatic rings. The fraction of sp³-hybridized carbons (Fsp3) is 0.600. The van der Waals surface area contributed by atoms with Crippen LogP contribution in [0.4, 0.5) is 5.69 Å². The highest BCUT2D eigenvalue weighted by Gasteiger charge is 2.51. The Labute approximate surface area is 149 Å². The van der Waals surface area contributed by atoms with Crippen LogP contribution in [0.15, 0.2) is 24.3 Å². The molecule has 4 aliphatic carbocycles. The fourth-order valence-electron chi connectivity index (χ4n) is 5.82. The van der Waals surface area contributed by atoms with Gasteiger partial charge >= 0.3 is 0 Å². The largest absolute Gasteiger partial charge is 0.332 e. The molecule has 0 atom stereocenters. The van der Waals surface area contributed by atoms with Gasteiger partial charge in [0.25, 0.3) is 0 Å². The van der Waals surface area contributed by atoms with E-state index in [2.05, 4.69) is 17.6 Å². The molecule has 4 fully saturated rings. The SMILES string of the molecule is Cc1ccc(NC(=S)NC(=O)CC23CC4CC(CC(C4)C2)C3)cc1. The summed E-state index contributed by atoms with van der Waals surface area (Å²) >= 11 is 5.31. The minimum atomic E-state index is 0.0848. The van der Waals surface area contributed by atoms with Crippen molar-refractivity contribution >= 4 is 28.9 Å². The molecule has 0 radical (unpaired) electrons. The van der Waals surface area contributed by atoms with E-state index in [0.717, 1.165) is 23.4 Å². The van der Waals surface area contributed by atoms with Crippen molar-refractivity contribution in [3.8, 4) is 0 Å². The average Bonchev–Trinajstić information content (AvgIpc) is 2.47. The lowest BCUT2D eigenvalue weighted by atomic mass is 9.49. The third-order valence-corrected chi connectivity index (χ3v) is 6.47. The topological polar surface area (TPSA) is 41.1 Å². The highest BCUT2D eigenvalue weighted by molar-refractivity contribution is 7.80. The van der Waals surface area contributed by atoms with Crippen molar-refractivity contribution in [1.82, 2.24) is 5.32 Å². The summed E-state index contributed by atoms with van der Waals surface area (Å²) in [5.41, 5.74) is 2.39. The number of carbonyl (C=O) groups is 1. The number of carbonyl (C=O) groups excluding carboxylic acids is 1. The number of rotatable bonds is 3. The Hall–Kier alpha value is -1.42. The molecule has 0 saturated heterocycles. The number of hydrogen-bond acceptors (Lipinski definition) is 2. The summed E-state index contributed by atoms with van der Waals surface area (Å²) in [6.07, 6.45) is 8.64. The molecule has 2 N–H and O–H groups in total. The Morgan fingerprint density at radius 1 is 1.08 bits per heavy atom. The maximum Gasteiger partial charge on any atom is 0.226 e. The lowest BCUT2D eigenvalue weighted by Crippen LogP contribution is -2.48. The molecule has 0 unspecified atom stereocenters. The number of thiocarbonyl (C=S) groups is 1. The van der Waals surface area contributed by atoms with Crippen LogP contribution >= 0.6 is 12.2 Å². The van der Waals surface area contributed by atoms with Gasteiger partial charge in [0.1, 0.15) is 0 Å². The summed E-state index contributed by atoms with van der Waals surface area (Å²) < 4.78 is 0. The molecule has 0 aromatic heterocycles. The average molecular weight is 343 g/mol. The molecule has 24 heavy (non-hydrogen) atoms. The van der Waals surface area contributed by atoms with E-state index in [9.17, 15) is 4.79 Å². The highest BCUT2D eigenvalue weighted by atomic mass is 32.1. The standard InChI is InChI=1S/C20H26N2OS/c1-13-2-4-17(5-3-13)21-19(24)22-18(23)12-20-9-14-6-15(10-20)8-16(7-14)11-20/h2-5,14-16H,6-12H2,1H3,(H2,21,22,23,24). The lowest BCUT2D eigenvalue weighted by Gasteiger charge is -2.56. The first-order chi connectivity index (χ1) is 11.5. The van der Waals surface area contributed by atoms with Gasteiger partial charge in [-0.3, -0.25) is 4.79 Å². The summed E-state index contributed by atoms with van der Waals surface area (Å²) in [6, 6.07) is 8.02. The van der Waals surface area contributed by atoms with Gasteiger partial charge in [-0.05, 0) is 93.0 Å². The van der Waals surface area contributed by atoms with Gasteiger partial charge in [-0.15, -0.1) is 0 Å². The number of amides is 1. The van der Waals surface area contributed by atoms with E-state index in [0.29, 0.717) is 11.5 Å². The van der Waals surface area contributed by atoms with E-state index >= 15 is 0 Å². The summed E-state index contributed by atoms with van der Waals surface area (Å²) in [5.74, 6) is 2.71. The molecule has 3 nitrogen and oxygen atoms in total. The molecular weight excluding hydrogens is 316 g/mol. The molecule has 0 spiro atoms. The number of hydrogen-bond donors (Lipinski definition) is 2. The quantitative estimate of drug-likeness (QED) is 0.799. The van der Waals surface area contributed by atoms with E-state index in [1.165, 1.54) is 44.1 Å². The first-order valence-corrected chi connectivity index (χ1v) is 9.58. The first kappa shape index (κ1) is 16.1. The summed E-state index contributed by atoms with van der Waals surface area (Å²) in [4.78, 5) is 12.5. The maximum absolute atomic E-state index is 12.5. The van der Waals surface area contributed by atoms with Crippen LogP contribution in [0.3, 0.4) is 0 Å². The van der Waals surface area contributed by atoms with Crippen LogP contribution in [0, 0.1) is 30.1 Å². The van der Waals surface area contributed by atoms with Crippen LogP contribution in [0.5, 0.6) is 0 Å². The molecule has 1 amide bonds. The second-order valence-electron chi connectivity index (χ2n) is 8.46. The van der Waals surface area contributed by atoms with Crippen molar-refractivity contribution in [3.05, 3.63) is 29.8 Å². The van der Waals surface area contributed by atoms with Gasteiger partial charge < -0.3 is 10.6 Å². The monoisotopic (exact) mass is 342 g/mol. The van der Waals surface area contributed by atoms with Gasteiger partial charge in [0.05, 0.1) is 0 Å². The van der Waals surface area contributed by atoms with Crippen molar-refractivity contribution in [2.75, 3.05) is 5.32 Å². The number of aryl methyl sites for hydroxylation is 1. The molecule has 0 aliphatic heterocycles. The number of benzene rings is 1. The minimum absolute atomic E-state index is 0.0848. The zero-order chi connectivity index (χ0) is 16.7. The summed E-state index contributed by atoms with van der Waals surface area (Å²) in [5, 5.41) is 6.42. The molecule has 4 heteroatoms. The molecule has 5 rings (SSSR count). The Balaban J connectivity index is 1.33. The predicted octanol–water partition coefficient (Wildman–Crippen LogP) is 4.41. The third-order valence-electron chi connectivity index (χ3n) is 6.26. The molecule has 4 aliphatic rings. The van der Waals surface area contributed by atoms with Gasteiger partial charge in [0, 0.05) is 12.1 Å². The van der Waals surface area contributed by atoms with Crippen LogP contribution in [0.25, 0.3) is 0 Å². The van der Waals surface area contributed by atoms with E-state index in [1.54, 1.807) is 0 Å². The van der Waals surface area contributed by atoms with Crippen LogP contribution in [-0.2, 0) is 4.79 Å². The minimum Gasteiger partial charge on any atom is -0.332 e. The summed E-state index contributed by atoms with van der Waals surface area (Å²) in [7, 11) is 0. The van der Waals surface area contributed by atoms with Crippen molar-refractivity contribution in [1.29, 1.82) is 0 Å².